The third-order valence-electron chi connectivity index (χ3n) is 8.52. The van der Waals surface area contributed by atoms with Crippen molar-refractivity contribution in [1.29, 1.82) is 0 Å². The molecule has 3 fully saturated rings. The Kier molecular flexibility index (Phi) is 5.02. The van der Waals surface area contributed by atoms with Crippen molar-refractivity contribution in [3.63, 3.8) is 0 Å². The number of esters is 2. The monoisotopic (exact) mass is 476 g/mol. The maximum absolute atomic E-state index is 14.5. The lowest BCUT2D eigenvalue weighted by molar-refractivity contribution is -0.160. The molecule has 35 heavy (non-hydrogen) atoms. The van der Waals surface area contributed by atoms with E-state index in [0.29, 0.717) is 13.1 Å². The lowest BCUT2D eigenvalue weighted by Gasteiger charge is -2.40. The van der Waals surface area contributed by atoms with Gasteiger partial charge in [0.15, 0.2) is 0 Å². The van der Waals surface area contributed by atoms with Crippen LogP contribution in [0.1, 0.15) is 11.1 Å². The van der Waals surface area contributed by atoms with E-state index in [2.05, 4.69) is 4.90 Å². The van der Waals surface area contributed by atoms with Crippen molar-refractivity contribution in [2.24, 2.45) is 23.7 Å². The van der Waals surface area contributed by atoms with Gasteiger partial charge in [0.2, 0.25) is 0 Å². The number of para-hydroxylation sites is 1. The largest absolute Gasteiger partial charge is 0.469 e. The SMILES string of the molecule is COC(=O)C1C(C(=O)OC)[C@H]2O[C@H]1C1C2CN(C)[C@@]12C(=O)N(Cc1ccccc1)c1ccccc12. The van der Waals surface area contributed by atoms with Crippen LogP contribution in [0.2, 0.25) is 0 Å². The maximum Gasteiger partial charge on any atom is 0.312 e. The molecular formula is C27H28N2O6. The molecule has 1 spiro atoms. The van der Waals surface area contributed by atoms with Crippen LogP contribution in [0.3, 0.4) is 0 Å². The maximum atomic E-state index is 14.5. The zero-order valence-electron chi connectivity index (χ0n) is 19.9. The number of carbonyl (C=O) groups is 3. The van der Waals surface area contributed by atoms with E-state index in [0.717, 1.165) is 16.8 Å². The van der Waals surface area contributed by atoms with E-state index in [1.807, 2.05) is 66.5 Å². The lowest BCUT2D eigenvalue weighted by Crippen LogP contribution is -2.56. The average molecular weight is 477 g/mol. The number of nitrogens with zero attached hydrogens (tertiary/aromatic N) is 2. The fourth-order valence-electron chi connectivity index (χ4n) is 7.27. The molecule has 4 aliphatic rings. The van der Waals surface area contributed by atoms with Gasteiger partial charge >= 0.3 is 11.9 Å². The van der Waals surface area contributed by atoms with Gasteiger partial charge in [0.05, 0.1) is 44.8 Å². The van der Waals surface area contributed by atoms with Crippen molar-refractivity contribution in [2.75, 3.05) is 32.7 Å². The fourth-order valence-corrected chi connectivity index (χ4v) is 7.27. The zero-order valence-corrected chi connectivity index (χ0v) is 19.9. The molecule has 4 aliphatic heterocycles. The van der Waals surface area contributed by atoms with E-state index in [1.54, 1.807) is 0 Å². The number of rotatable bonds is 4. The minimum absolute atomic E-state index is 0.0214. The summed E-state index contributed by atoms with van der Waals surface area (Å²) < 4.78 is 16.5. The predicted octanol–water partition coefficient (Wildman–Crippen LogP) is 1.97. The van der Waals surface area contributed by atoms with Crippen molar-refractivity contribution in [1.82, 2.24) is 4.90 Å². The van der Waals surface area contributed by atoms with Crippen LogP contribution in [-0.4, -0.2) is 62.8 Å². The Bertz CT molecular complexity index is 1200. The molecule has 6 rings (SSSR count). The van der Waals surface area contributed by atoms with E-state index in [-0.39, 0.29) is 17.7 Å². The van der Waals surface area contributed by atoms with Gasteiger partial charge in [-0.15, -0.1) is 0 Å². The van der Waals surface area contributed by atoms with E-state index < -0.39 is 41.5 Å². The summed E-state index contributed by atoms with van der Waals surface area (Å²) in [5.74, 6) is -2.94. The average Bonchev–Trinajstić information content (AvgIpc) is 3.59. The quantitative estimate of drug-likeness (QED) is 0.624. The van der Waals surface area contributed by atoms with E-state index in [1.165, 1.54) is 14.2 Å². The molecule has 8 nitrogen and oxygen atoms in total. The summed E-state index contributed by atoms with van der Waals surface area (Å²) in [6.45, 7) is 1.02. The van der Waals surface area contributed by atoms with Gasteiger partial charge in [-0.25, -0.2) is 0 Å². The molecule has 0 radical (unpaired) electrons. The number of carbonyl (C=O) groups excluding carboxylic acids is 3. The highest BCUT2D eigenvalue weighted by molar-refractivity contribution is 6.08. The van der Waals surface area contributed by atoms with Gasteiger partial charge in [0, 0.05) is 29.6 Å². The van der Waals surface area contributed by atoms with Crippen LogP contribution in [-0.2, 0) is 40.7 Å². The molecule has 2 aromatic rings. The Balaban J connectivity index is 1.47. The molecule has 3 saturated heterocycles. The molecule has 4 heterocycles. The number of likely N-dealkylation sites (N-methyl/N-ethyl adjacent to an activating group) is 1. The van der Waals surface area contributed by atoms with Crippen LogP contribution < -0.4 is 4.90 Å². The standard InChI is InChI=1S/C27H28N2O6/c1-28-14-16-21(23-20(25(31)34-3)19(22(16)35-23)24(30)33-2)27(28)17-11-7-8-12-18(17)29(26(27)32)13-15-9-5-4-6-10-15/h4-12,16,19-23H,13-14H2,1-3H3/t16?,19?,20?,21?,22-,23+,27+/m0/s1. The molecule has 1 amide bonds. The number of methoxy groups -OCH3 is 2. The lowest BCUT2D eigenvalue weighted by atomic mass is 9.62. The van der Waals surface area contributed by atoms with Gasteiger partial charge in [-0.2, -0.15) is 0 Å². The summed E-state index contributed by atoms with van der Waals surface area (Å²) >= 11 is 0. The summed E-state index contributed by atoms with van der Waals surface area (Å²) in [6.07, 6.45) is -1.13. The van der Waals surface area contributed by atoms with Crippen molar-refractivity contribution in [2.45, 2.75) is 24.3 Å². The molecule has 0 N–H and O–H groups in total. The van der Waals surface area contributed by atoms with E-state index in [4.69, 9.17) is 14.2 Å². The number of amides is 1. The van der Waals surface area contributed by atoms with Crippen LogP contribution >= 0.6 is 0 Å². The molecule has 182 valence electrons. The minimum atomic E-state index is -0.983. The zero-order chi connectivity index (χ0) is 24.5. The van der Waals surface area contributed by atoms with Gasteiger partial charge in [0.25, 0.3) is 5.91 Å². The Labute approximate surface area is 203 Å². The Hall–Kier alpha value is -3.23. The molecule has 2 aromatic carbocycles. The first-order chi connectivity index (χ1) is 16.9. The highest BCUT2D eigenvalue weighted by atomic mass is 16.6. The fraction of sp³-hybridized carbons (Fsp3) is 0.444. The van der Waals surface area contributed by atoms with Crippen LogP contribution in [0.25, 0.3) is 0 Å². The van der Waals surface area contributed by atoms with Gasteiger partial charge in [-0.1, -0.05) is 48.5 Å². The van der Waals surface area contributed by atoms with Crippen LogP contribution in [0.15, 0.2) is 54.6 Å². The third kappa shape index (κ3) is 2.78. The number of likely N-dealkylation sites (tertiary alicyclic amines) is 1. The summed E-state index contributed by atoms with van der Waals surface area (Å²) in [5.41, 5.74) is 1.84. The van der Waals surface area contributed by atoms with Crippen molar-refractivity contribution >= 4 is 23.5 Å². The Morgan fingerprint density at radius 1 is 0.971 bits per heavy atom. The summed E-state index contributed by atoms with van der Waals surface area (Å²) in [5, 5.41) is 0. The number of benzene rings is 2. The second-order valence-electron chi connectivity index (χ2n) is 9.89. The third-order valence-corrected chi connectivity index (χ3v) is 8.52. The van der Waals surface area contributed by atoms with Gasteiger partial charge in [-0.05, 0) is 18.7 Å². The number of hydrogen-bond acceptors (Lipinski definition) is 7. The van der Waals surface area contributed by atoms with E-state index >= 15 is 0 Å². The molecule has 0 aromatic heterocycles. The summed E-state index contributed by atoms with van der Waals surface area (Å²) in [6, 6.07) is 17.8. The van der Waals surface area contributed by atoms with Gasteiger partial charge in [-0.3, -0.25) is 19.3 Å². The van der Waals surface area contributed by atoms with Crippen molar-refractivity contribution in [3.05, 3.63) is 65.7 Å². The smallest absolute Gasteiger partial charge is 0.312 e. The molecule has 7 atom stereocenters. The number of ether oxygens (including phenoxy) is 3. The number of anilines is 1. The van der Waals surface area contributed by atoms with Gasteiger partial charge < -0.3 is 19.1 Å². The van der Waals surface area contributed by atoms with Crippen LogP contribution in [0.5, 0.6) is 0 Å². The van der Waals surface area contributed by atoms with Crippen LogP contribution in [0.4, 0.5) is 5.69 Å². The molecule has 8 heteroatoms. The number of hydrogen-bond donors (Lipinski definition) is 0. The first kappa shape index (κ1) is 22.2. The summed E-state index contributed by atoms with van der Waals surface area (Å²) in [4.78, 5) is 44.1. The highest BCUT2D eigenvalue weighted by Gasteiger charge is 2.76. The Morgan fingerprint density at radius 3 is 2.29 bits per heavy atom. The molecule has 0 aliphatic carbocycles. The minimum Gasteiger partial charge on any atom is -0.469 e. The normalized spacial score (nSPS) is 34.8. The topological polar surface area (TPSA) is 85.4 Å². The molecular weight excluding hydrogens is 448 g/mol. The second kappa shape index (κ2) is 7.90. The molecule has 4 unspecified atom stereocenters. The van der Waals surface area contributed by atoms with Crippen LogP contribution in [0, 0.1) is 23.7 Å². The summed E-state index contributed by atoms with van der Waals surface area (Å²) in [7, 11) is 4.59. The van der Waals surface area contributed by atoms with E-state index in [9.17, 15) is 14.4 Å². The highest BCUT2D eigenvalue weighted by Crippen LogP contribution is 2.64. The van der Waals surface area contributed by atoms with Crippen molar-refractivity contribution in [3.8, 4) is 0 Å². The first-order valence-corrected chi connectivity index (χ1v) is 11.9. The Morgan fingerprint density at radius 2 is 1.60 bits per heavy atom. The second-order valence-corrected chi connectivity index (χ2v) is 9.89. The first-order valence-electron chi connectivity index (χ1n) is 11.9. The molecule has 0 saturated carbocycles. The number of fused-ring (bicyclic) bond motifs is 8. The van der Waals surface area contributed by atoms with Gasteiger partial charge in [0.1, 0.15) is 5.54 Å². The van der Waals surface area contributed by atoms with Crippen molar-refractivity contribution < 1.29 is 28.6 Å². The predicted molar refractivity (Wildman–Crippen MR) is 125 cm³/mol. The molecule has 2 bridgehead atoms.